The molecule has 1 aromatic carbocycles. The molecule has 0 saturated carbocycles. The van der Waals surface area contributed by atoms with Crippen molar-refractivity contribution in [3.05, 3.63) is 24.3 Å². The van der Waals surface area contributed by atoms with Crippen molar-refractivity contribution in [2.24, 2.45) is 0 Å². The highest BCUT2D eigenvalue weighted by Gasteiger charge is 2.02. The molecule has 1 aromatic rings. The first-order valence-corrected chi connectivity index (χ1v) is 5.30. The number of carbonyl (C=O) groups excluding carboxylic acids is 1. The van der Waals surface area contributed by atoms with Gasteiger partial charge in [-0.25, -0.2) is 0 Å². The fraction of sp³-hybridized carbons (Fsp3) is 0.417. The average Bonchev–Trinajstić information content (AvgIpc) is 2.28. The predicted molar refractivity (Wildman–Crippen MR) is 64.8 cm³/mol. The van der Waals surface area contributed by atoms with Crippen LogP contribution in [0.4, 0.5) is 5.69 Å². The molecule has 0 spiro atoms. The van der Waals surface area contributed by atoms with E-state index < -0.39 is 0 Å². The molecular formula is C12H18N2O2. The highest BCUT2D eigenvalue weighted by Crippen LogP contribution is 2.15. The molecule has 0 aromatic heterocycles. The molecule has 0 aliphatic rings. The largest absolute Gasteiger partial charge is 0.494 e. The van der Waals surface area contributed by atoms with Crippen molar-refractivity contribution >= 4 is 11.6 Å². The standard InChI is InChI=1S/C12H18N2O2/c1-4-16-11-7-5-10(6-8-11)13-9-12(15)14(2)3/h5-8,13H,4,9H2,1-3H3. The van der Waals surface area contributed by atoms with Gasteiger partial charge in [0.15, 0.2) is 0 Å². The van der Waals surface area contributed by atoms with Crippen LogP contribution in [0.15, 0.2) is 24.3 Å². The second-order valence-electron chi connectivity index (χ2n) is 3.60. The molecule has 1 N–H and O–H groups in total. The maximum Gasteiger partial charge on any atom is 0.241 e. The van der Waals surface area contributed by atoms with Gasteiger partial charge in [0.2, 0.25) is 5.91 Å². The van der Waals surface area contributed by atoms with Gasteiger partial charge in [0.05, 0.1) is 13.2 Å². The fourth-order valence-electron chi connectivity index (χ4n) is 1.17. The van der Waals surface area contributed by atoms with Crippen LogP contribution in [0.25, 0.3) is 0 Å². The maximum atomic E-state index is 11.3. The molecule has 0 aliphatic heterocycles. The summed E-state index contributed by atoms with van der Waals surface area (Å²) >= 11 is 0. The molecule has 0 bridgehead atoms. The second kappa shape index (κ2) is 6.00. The number of benzene rings is 1. The summed E-state index contributed by atoms with van der Waals surface area (Å²) in [6.07, 6.45) is 0. The van der Waals surface area contributed by atoms with E-state index in [2.05, 4.69) is 5.32 Å². The molecule has 4 heteroatoms. The van der Waals surface area contributed by atoms with Gasteiger partial charge in [-0.05, 0) is 31.2 Å². The van der Waals surface area contributed by atoms with Gasteiger partial charge in [-0.2, -0.15) is 0 Å². The van der Waals surface area contributed by atoms with Gasteiger partial charge < -0.3 is 15.0 Å². The first-order chi connectivity index (χ1) is 7.63. The van der Waals surface area contributed by atoms with Crippen LogP contribution >= 0.6 is 0 Å². The van der Waals surface area contributed by atoms with E-state index in [0.29, 0.717) is 13.2 Å². The van der Waals surface area contributed by atoms with Crippen LogP contribution in [0.3, 0.4) is 0 Å². The number of ether oxygens (including phenoxy) is 1. The lowest BCUT2D eigenvalue weighted by Crippen LogP contribution is -2.28. The minimum atomic E-state index is 0.0499. The Balaban J connectivity index is 2.46. The molecule has 0 saturated heterocycles. The quantitative estimate of drug-likeness (QED) is 0.822. The zero-order valence-electron chi connectivity index (χ0n) is 9.99. The van der Waals surface area contributed by atoms with Crippen molar-refractivity contribution in [3.8, 4) is 5.75 Å². The lowest BCUT2D eigenvalue weighted by atomic mass is 10.3. The van der Waals surface area contributed by atoms with E-state index in [4.69, 9.17) is 4.74 Å². The van der Waals surface area contributed by atoms with Gasteiger partial charge in [-0.3, -0.25) is 4.79 Å². The smallest absolute Gasteiger partial charge is 0.241 e. The van der Waals surface area contributed by atoms with Crippen molar-refractivity contribution < 1.29 is 9.53 Å². The highest BCUT2D eigenvalue weighted by molar-refractivity contribution is 5.80. The second-order valence-corrected chi connectivity index (χ2v) is 3.60. The predicted octanol–water partition coefficient (Wildman–Crippen LogP) is 1.59. The van der Waals surface area contributed by atoms with E-state index in [1.54, 1.807) is 19.0 Å². The van der Waals surface area contributed by atoms with Crippen LogP contribution in [0, 0.1) is 0 Å². The van der Waals surface area contributed by atoms with Gasteiger partial charge in [-0.15, -0.1) is 0 Å². The molecule has 0 atom stereocenters. The Morgan fingerprint density at radius 2 is 1.94 bits per heavy atom. The zero-order valence-corrected chi connectivity index (χ0v) is 9.99. The summed E-state index contributed by atoms with van der Waals surface area (Å²) < 4.78 is 5.32. The third kappa shape index (κ3) is 3.81. The van der Waals surface area contributed by atoms with Crippen molar-refractivity contribution in [2.45, 2.75) is 6.92 Å². The van der Waals surface area contributed by atoms with E-state index in [-0.39, 0.29) is 5.91 Å². The molecule has 16 heavy (non-hydrogen) atoms. The maximum absolute atomic E-state index is 11.3. The monoisotopic (exact) mass is 222 g/mol. The van der Waals surface area contributed by atoms with Crippen LogP contribution in [-0.2, 0) is 4.79 Å². The lowest BCUT2D eigenvalue weighted by molar-refractivity contribution is -0.126. The Morgan fingerprint density at radius 3 is 2.44 bits per heavy atom. The first kappa shape index (κ1) is 12.4. The third-order valence-corrected chi connectivity index (χ3v) is 2.11. The normalized spacial score (nSPS) is 9.69. The topological polar surface area (TPSA) is 41.6 Å². The number of hydrogen-bond acceptors (Lipinski definition) is 3. The summed E-state index contributed by atoms with van der Waals surface area (Å²) in [5.41, 5.74) is 0.915. The van der Waals surface area contributed by atoms with E-state index in [9.17, 15) is 4.79 Å². The first-order valence-electron chi connectivity index (χ1n) is 5.30. The summed E-state index contributed by atoms with van der Waals surface area (Å²) in [6, 6.07) is 7.56. The molecule has 1 amide bonds. The highest BCUT2D eigenvalue weighted by atomic mass is 16.5. The van der Waals surface area contributed by atoms with Crippen LogP contribution < -0.4 is 10.1 Å². The van der Waals surface area contributed by atoms with Gasteiger partial charge >= 0.3 is 0 Å². The van der Waals surface area contributed by atoms with E-state index in [0.717, 1.165) is 11.4 Å². The molecule has 0 fully saturated rings. The fourth-order valence-corrected chi connectivity index (χ4v) is 1.17. The molecule has 0 heterocycles. The molecule has 4 nitrogen and oxygen atoms in total. The van der Waals surface area contributed by atoms with Gasteiger partial charge in [0.25, 0.3) is 0 Å². The Bertz CT molecular complexity index is 333. The lowest BCUT2D eigenvalue weighted by Gasteiger charge is -2.12. The van der Waals surface area contributed by atoms with Crippen LogP contribution in [0.2, 0.25) is 0 Å². The van der Waals surface area contributed by atoms with Gasteiger partial charge in [-0.1, -0.05) is 0 Å². The van der Waals surface area contributed by atoms with Gasteiger partial charge in [0, 0.05) is 19.8 Å². The number of nitrogens with one attached hydrogen (secondary N) is 1. The molecule has 1 rings (SSSR count). The van der Waals surface area contributed by atoms with Crippen molar-refractivity contribution in [2.75, 3.05) is 32.6 Å². The number of likely N-dealkylation sites (N-methyl/N-ethyl adjacent to an activating group) is 1. The molecule has 0 radical (unpaired) electrons. The van der Waals surface area contributed by atoms with Crippen LogP contribution in [-0.4, -0.2) is 38.1 Å². The van der Waals surface area contributed by atoms with Gasteiger partial charge in [0.1, 0.15) is 5.75 Å². The number of carbonyl (C=O) groups is 1. The summed E-state index contributed by atoms with van der Waals surface area (Å²) in [5.74, 6) is 0.890. The van der Waals surface area contributed by atoms with E-state index >= 15 is 0 Å². The number of hydrogen-bond donors (Lipinski definition) is 1. The average molecular weight is 222 g/mol. The summed E-state index contributed by atoms with van der Waals surface area (Å²) in [4.78, 5) is 12.9. The van der Waals surface area contributed by atoms with Crippen LogP contribution in [0.5, 0.6) is 5.75 Å². The molecule has 88 valence electrons. The zero-order chi connectivity index (χ0) is 12.0. The Hall–Kier alpha value is -1.71. The summed E-state index contributed by atoms with van der Waals surface area (Å²) in [5, 5.41) is 3.05. The van der Waals surface area contributed by atoms with E-state index in [1.165, 1.54) is 0 Å². The van der Waals surface area contributed by atoms with E-state index in [1.807, 2.05) is 31.2 Å². The van der Waals surface area contributed by atoms with Crippen molar-refractivity contribution in [3.63, 3.8) is 0 Å². The molecule has 0 aliphatic carbocycles. The molecule has 0 unspecified atom stereocenters. The van der Waals surface area contributed by atoms with Crippen LogP contribution in [0.1, 0.15) is 6.92 Å². The summed E-state index contributed by atoms with van der Waals surface area (Å²) in [6.45, 7) is 2.91. The van der Waals surface area contributed by atoms with Crippen molar-refractivity contribution in [1.29, 1.82) is 0 Å². The number of nitrogens with zero attached hydrogens (tertiary/aromatic N) is 1. The minimum Gasteiger partial charge on any atom is -0.494 e. The number of anilines is 1. The van der Waals surface area contributed by atoms with Crippen molar-refractivity contribution in [1.82, 2.24) is 4.90 Å². The Morgan fingerprint density at radius 1 is 1.31 bits per heavy atom. The summed E-state index contributed by atoms with van der Waals surface area (Å²) in [7, 11) is 3.48. The third-order valence-electron chi connectivity index (χ3n) is 2.11. The number of amides is 1. The number of rotatable bonds is 5. The molecular weight excluding hydrogens is 204 g/mol. The minimum absolute atomic E-state index is 0.0499. The Kier molecular flexibility index (Phi) is 4.64. The SMILES string of the molecule is CCOc1ccc(NCC(=O)N(C)C)cc1. The Labute approximate surface area is 96.2 Å².